The Bertz CT molecular complexity index is 1520. The highest BCUT2D eigenvalue weighted by Crippen LogP contribution is 2.33. The molecule has 2 aliphatic carbocycles. The topological polar surface area (TPSA) is 140 Å². The van der Waals surface area contributed by atoms with Crippen molar-refractivity contribution in [2.45, 2.75) is 89.6 Å². The number of carbonyl (C=O) groups is 2. The molecule has 0 aromatic carbocycles. The summed E-state index contributed by atoms with van der Waals surface area (Å²) < 4.78 is 14.0. The Hall–Kier alpha value is -3.77. The number of ether oxygens (including phenoxy) is 2. The molecule has 2 N–H and O–H groups in total. The molecular weight excluding hydrogens is 540 g/mol. The van der Waals surface area contributed by atoms with Crippen LogP contribution in [0.4, 0.5) is 22.1 Å². The first-order valence-electron chi connectivity index (χ1n) is 14.5. The van der Waals surface area contributed by atoms with E-state index in [2.05, 4.69) is 15.4 Å². The zero-order valence-corrected chi connectivity index (χ0v) is 24.9. The lowest BCUT2D eigenvalue weighted by molar-refractivity contribution is 0.0587. The van der Waals surface area contributed by atoms with Crippen molar-refractivity contribution in [1.29, 1.82) is 0 Å². The normalized spacial score (nSPS) is 22.4. The number of Topliss-reactive ketones (excluding diaryl/α,β-unsaturated/α-hetero) is 1. The van der Waals surface area contributed by atoms with Crippen LogP contribution >= 0.6 is 0 Å². The number of hydrogen-bond donors (Lipinski definition) is 2. The van der Waals surface area contributed by atoms with Gasteiger partial charge in [-0.05, 0) is 77.3 Å². The van der Waals surface area contributed by atoms with Crippen molar-refractivity contribution in [3.8, 4) is 0 Å². The fraction of sp³-hybridized carbons (Fsp3) is 0.567. The van der Waals surface area contributed by atoms with Crippen molar-refractivity contribution in [3.05, 3.63) is 46.5 Å². The summed E-state index contributed by atoms with van der Waals surface area (Å²) in [6, 6.07) is 4.66. The SMILES string of the molecule is CO[C@@H]1CC[C@@H](CC(=O)c2cnn3c(N(C)C(=O)OC(C)(C)C)cc(Nc4cccn([C@@H]5CCC[C@@H]5O)c4=O)nc23)C1. The molecule has 12 heteroatoms. The number of fused-ring (bicyclic) bond motifs is 1. The van der Waals surface area contributed by atoms with Gasteiger partial charge in [-0.15, -0.1) is 0 Å². The number of hydrogen-bond acceptors (Lipinski definition) is 9. The number of methoxy groups -OCH3 is 1. The first kappa shape index (κ1) is 29.7. The van der Waals surface area contributed by atoms with Crippen molar-refractivity contribution >= 4 is 34.8 Å². The molecule has 3 heterocycles. The van der Waals surface area contributed by atoms with Gasteiger partial charge in [0, 0.05) is 32.8 Å². The second-order valence-electron chi connectivity index (χ2n) is 12.3. The van der Waals surface area contributed by atoms with Gasteiger partial charge < -0.3 is 24.5 Å². The first-order chi connectivity index (χ1) is 19.9. The first-order valence-corrected chi connectivity index (χ1v) is 14.5. The second kappa shape index (κ2) is 11.8. The fourth-order valence-corrected chi connectivity index (χ4v) is 5.92. The summed E-state index contributed by atoms with van der Waals surface area (Å²) in [6.07, 6.45) is 7.32. The molecule has 0 saturated heterocycles. The molecule has 2 saturated carbocycles. The number of carbonyl (C=O) groups excluding carboxylic acids is 2. The van der Waals surface area contributed by atoms with Crippen molar-refractivity contribution in [1.82, 2.24) is 19.2 Å². The third-order valence-electron chi connectivity index (χ3n) is 8.10. The van der Waals surface area contributed by atoms with E-state index in [9.17, 15) is 19.5 Å². The van der Waals surface area contributed by atoms with E-state index in [1.165, 1.54) is 15.6 Å². The van der Waals surface area contributed by atoms with Crippen LogP contribution in [-0.4, -0.2) is 68.1 Å². The number of aromatic nitrogens is 4. The lowest BCUT2D eigenvalue weighted by Gasteiger charge is -2.25. The molecule has 0 aliphatic heterocycles. The molecule has 0 spiro atoms. The van der Waals surface area contributed by atoms with E-state index in [1.807, 2.05) is 0 Å². The van der Waals surface area contributed by atoms with E-state index >= 15 is 0 Å². The monoisotopic (exact) mass is 580 g/mol. The highest BCUT2D eigenvalue weighted by atomic mass is 16.6. The van der Waals surface area contributed by atoms with Crippen LogP contribution in [0.25, 0.3) is 5.65 Å². The van der Waals surface area contributed by atoms with Crippen LogP contribution in [0.2, 0.25) is 0 Å². The van der Waals surface area contributed by atoms with Gasteiger partial charge in [0.1, 0.15) is 22.9 Å². The van der Waals surface area contributed by atoms with Crippen LogP contribution in [-0.2, 0) is 9.47 Å². The molecule has 42 heavy (non-hydrogen) atoms. The summed E-state index contributed by atoms with van der Waals surface area (Å²) in [5.41, 5.74) is -0.184. The van der Waals surface area contributed by atoms with E-state index < -0.39 is 17.8 Å². The molecule has 2 fully saturated rings. The molecule has 12 nitrogen and oxygen atoms in total. The summed E-state index contributed by atoms with van der Waals surface area (Å²) in [7, 11) is 3.24. The zero-order valence-electron chi connectivity index (χ0n) is 24.9. The minimum Gasteiger partial charge on any atom is -0.443 e. The number of nitrogens with one attached hydrogen (secondary N) is 1. The number of rotatable bonds is 8. The minimum absolute atomic E-state index is 0.0976. The van der Waals surface area contributed by atoms with Crippen molar-refractivity contribution in [2.75, 3.05) is 24.4 Å². The largest absolute Gasteiger partial charge is 0.443 e. The molecule has 0 unspecified atom stereocenters. The predicted octanol–water partition coefficient (Wildman–Crippen LogP) is 4.48. The molecule has 3 aromatic heterocycles. The number of anilines is 3. The van der Waals surface area contributed by atoms with E-state index in [0.717, 1.165) is 25.7 Å². The average molecular weight is 581 g/mol. The number of aliphatic hydroxyl groups is 1. The van der Waals surface area contributed by atoms with Crippen LogP contribution in [0.5, 0.6) is 0 Å². The highest BCUT2D eigenvalue weighted by molar-refractivity contribution is 6.02. The van der Waals surface area contributed by atoms with Gasteiger partial charge in [0.05, 0.1) is 30.0 Å². The Balaban J connectivity index is 1.52. The molecular formula is C30H40N6O6. The van der Waals surface area contributed by atoms with Gasteiger partial charge in [0.2, 0.25) is 0 Å². The van der Waals surface area contributed by atoms with Gasteiger partial charge in [0.15, 0.2) is 11.4 Å². The number of nitrogens with zero attached hydrogens (tertiary/aromatic N) is 5. The average Bonchev–Trinajstić information content (AvgIpc) is 3.68. The van der Waals surface area contributed by atoms with Crippen LogP contribution in [0.15, 0.2) is 35.4 Å². The van der Waals surface area contributed by atoms with Gasteiger partial charge >= 0.3 is 6.09 Å². The van der Waals surface area contributed by atoms with E-state index in [1.54, 1.807) is 63.9 Å². The molecule has 4 atom stereocenters. The van der Waals surface area contributed by atoms with E-state index in [-0.39, 0.29) is 46.6 Å². The summed E-state index contributed by atoms with van der Waals surface area (Å²) in [5, 5.41) is 17.9. The van der Waals surface area contributed by atoms with Crippen molar-refractivity contribution in [2.24, 2.45) is 5.92 Å². The maximum absolute atomic E-state index is 13.5. The Morgan fingerprint density at radius 3 is 2.67 bits per heavy atom. The Labute approximate surface area is 244 Å². The maximum atomic E-state index is 13.5. The van der Waals surface area contributed by atoms with Gasteiger partial charge in [-0.1, -0.05) is 0 Å². The molecule has 5 rings (SSSR count). The fourth-order valence-electron chi connectivity index (χ4n) is 5.92. The second-order valence-corrected chi connectivity index (χ2v) is 12.3. The quantitative estimate of drug-likeness (QED) is 0.369. The smallest absolute Gasteiger partial charge is 0.415 e. The van der Waals surface area contributed by atoms with Gasteiger partial charge in [-0.2, -0.15) is 9.61 Å². The van der Waals surface area contributed by atoms with Gasteiger partial charge in [-0.3, -0.25) is 14.5 Å². The standard InChI is InChI=1S/C30H40N6O6/c1-30(2,3)42-29(40)34(4)26-16-25(32-21-8-7-13-35(28(21)39)22-9-6-10-23(22)37)33-27-20(17-31-36(26)27)24(38)15-18-11-12-19(14-18)41-5/h7-8,13,16-19,22-23,37H,6,9-12,14-15H2,1-5H3,(H,32,33)/t18-,19-,22-,23+/m1/s1. The Morgan fingerprint density at radius 2 is 2.00 bits per heavy atom. The van der Waals surface area contributed by atoms with Crippen LogP contribution in [0, 0.1) is 5.92 Å². The summed E-state index contributed by atoms with van der Waals surface area (Å²) in [5.74, 6) is 0.666. The third-order valence-corrected chi connectivity index (χ3v) is 8.10. The van der Waals surface area contributed by atoms with Gasteiger partial charge in [0.25, 0.3) is 5.56 Å². The maximum Gasteiger partial charge on any atom is 0.415 e. The summed E-state index contributed by atoms with van der Waals surface area (Å²) in [4.78, 5) is 45.9. The molecule has 3 aromatic rings. The van der Waals surface area contributed by atoms with Crippen molar-refractivity contribution in [3.63, 3.8) is 0 Å². The number of amides is 1. The molecule has 0 radical (unpaired) electrons. The summed E-state index contributed by atoms with van der Waals surface area (Å²) in [6.45, 7) is 5.33. The van der Waals surface area contributed by atoms with E-state index in [4.69, 9.17) is 9.47 Å². The van der Waals surface area contributed by atoms with Crippen LogP contribution < -0.4 is 15.8 Å². The van der Waals surface area contributed by atoms with Crippen LogP contribution in [0.1, 0.15) is 82.1 Å². The number of ketones is 1. The Kier molecular flexibility index (Phi) is 8.38. The Morgan fingerprint density at radius 1 is 1.21 bits per heavy atom. The molecule has 1 amide bonds. The molecule has 0 bridgehead atoms. The van der Waals surface area contributed by atoms with Gasteiger partial charge in [-0.25, -0.2) is 9.78 Å². The number of pyridine rings is 1. The number of aliphatic hydroxyl groups excluding tert-OH is 1. The zero-order chi connectivity index (χ0) is 30.2. The minimum atomic E-state index is -0.731. The third kappa shape index (κ3) is 6.19. The van der Waals surface area contributed by atoms with E-state index in [0.29, 0.717) is 30.6 Å². The summed E-state index contributed by atoms with van der Waals surface area (Å²) >= 11 is 0. The van der Waals surface area contributed by atoms with Crippen LogP contribution in [0.3, 0.4) is 0 Å². The lowest BCUT2D eigenvalue weighted by Crippen LogP contribution is -2.35. The lowest BCUT2D eigenvalue weighted by atomic mass is 9.98. The van der Waals surface area contributed by atoms with Crippen molar-refractivity contribution < 1.29 is 24.2 Å². The molecule has 2 aliphatic rings. The molecule has 226 valence electrons. The highest BCUT2D eigenvalue weighted by Gasteiger charge is 2.30. The predicted molar refractivity (Wildman–Crippen MR) is 158 cm³/mol.